The third kappa shape index (κ3) is 3.10. The van der Waals surface area contributed by atoms with Crippen LogP contribution in [0.15, 0.2) is 34.8 Å². The van der Waals surface area contributed by atoms with Crippen LogP contribution in [0.3, 0.4) is 0 Å². The Hall–Kier alpha value is -0.640. The van der Waals surface area contributed by atoms with Crippen LogP contribution >= 0.6 is 39.1 Å². The third-order valence-electron chi connectivity index (χ3n) is 2.78. The van der Waals surface area contributed by atoms with E-state index in [2.05, 4.69) is 15.9 Å². The zero-order valence-corrected chi connectivity index (χ0v) is 13.0. The number of hydrogen-bond donors (Lipinski definition) is 0. The van der Waals surface area contributed by atoms with Gasteiger partial charge in [0.2, 0.25) is 0 Å². The Morgan fingerprint density at radius 3 is 2.42 bits per heavy atom. The summed E-state index contributed by atoms with van der Waals surface area (Å²) in [6.45, 7) is 1.56. The van der Waals surface area contributed by atoms with Gasteiger partial charge in [-0.25, -0.2) is 8.78 Å². The molecular formula is C14H9BrCl2F2. The second kappa shape index (κ2) is 5.78. The first-order chi connectivity index (χ1) is 8.90. The van der Waals surface area contributed by atoms with Crippen LogP contribution in [0.2, 0.25) is 5.02 Å². The molecule has 0 heterocycles. The molecule has 0 amide bonds. The van der Waals surface area contributed by atoms with E-state index in [1.807, 2.05) is 0 Å². The molecule has 0 radical (unpaired) electrons. The highest BCUT2D eigenvalue weighted by Crippen LogP contribution is 2.37. The minimum absolute atomic E-state index is 0.209. The number of benzene rings is 2. The van der Waals surface area contributed by atoms with E-state index in [-0.39, 0.29) is 5.56 Å². The van der Waals surface area contributed by atoms with Crippen LogP contribution in [-0.4, -0.2) is 0 Å². The monoisotopic (exact) mass is 364 g/mol. The predicted molar refractivity (Wildman–Crippen MR) is 77.9 cm³/mol. The lowest BCUT2D eigenvalue weighted by molar-refractivity contribution is 0.568. The van der Waals surface area contributed by atoms with Gasteiger partial charge in [0, 0.05) is 21.1 Å². The van der Waals surface area contributed by atoms with Gasteiger partial charge in [0.25, 0.3) is 0 Å². The minimum Gasteiger partial charge on any atom is -0.207 e. The average molecular weight is 366 g/mol. The lowest BCUT2D eigenvalue weighted by atomic mass is 10.0. The van der Waals surface area contributed by atoms with Gasteiger partial charge in [0.05, 0.1) is 5.38 Å². The van der Waals surface area contributed by atoms with Crippen LogP contribution in [-0.2, 0) is 0 Å². The first-order valence-electron chi connectivity index (χ1n) is 5.44. The molecule has 0 aliphatic carbocycles. The second-order valence-corrected chi connectivity index (χ2v) is 5.91. The van der Waals surface area contributed by atoms with E-state index in [1.165, 1.54) is 6.07 Å². The van der Waals surface area contributed by atoms with E-state index in [9.17, 15) is 8.78 Å². The van der Waals surface area contributed by atoms with Crippen molar-refractivity contribution in [2.45, 2.75) is 12.3 Å². The van der Waals surface area contributed by atoms with Crippen molar-refractivity contribution in [2.24, 2.45) is 0 Å². The molecule has 2 aromatic carbocycles. The second-order valence-electron chi connectivity index (χ2n) is 4.15. The Bertz CT molecular complexity index is 629. The summed E-state index contributed by atoms with van der Waals surface area (Å²) < 4.78 is 27.9. The Labute approximate surface area is 128 Å². The van der Waals surface area contributed by atoms with Crippen LogP contribution in [0.4, 0.5) is 8.78 Å². The summed E-state index contributed by atoms with van der Waals surface area (Å²) in [5.74, 6) is -1.27. The summed E-state index contributed by atoms with van der Waals surface area (Å²) in [6, 6.07) is 7.40. The summed E-state index contributed by atoms with van der Waals surface area (Å²) in [4.78, 5) is 0. The van der Waals surface area contributed by atoms with Gasteiger partial charge in [-0.3, -0.25) is 0 Å². The minimum atomic E-state index is -0.774. The first kappa shape index (κ1) is 14.8. The van der Waals surface area contributed by atoms with Crippen molar-refractivity contribution < 1.29 is 8.78 Å². The standard InChI is InChI=1S/C14H9BrCl2F2/c1-7-4-10(13(19)6-12(7)18)14(17)9-5-8(15)2-3-11(9)16/h2-6,14H,1H3. The van der Waals surface area contributed by atoms with Crippen LogP contribution in [0.25, 0.3) is 0 Å². The fraction of sp³-hybridized carbons (Fsp3) is 0.143. The summed E-state index contributed by atoms with van der Waals surface area (Å²) in [6.07, 6.45) is 0. The molecule has 19 heavy (non-hydrogen) atoms. The van der Waals surface area contributed by atoms with E-state index in [0.29, 0.717) is 16.1 Å². The molecule has 0 aliphatic heterocycles. The van der Waals surface area contributed by atoms with E-state index in [0.717, 1.165) is 10.5 Å². The van der Waals surface area contributed by atoms with Crippen molar-refractivity contribution in [2.75, 3.05) is 0 Å². The van der Waals surface area contributed by atoms with E-state index in [4.69, 9.17) is 23.2 Å². The van der Waals surface area contributed by atoms with Crippen molar-refractivity contribution in [3.63, 3.8) is 0 Å². The Morgan fingerprint density at radius 1 is 1.05 bits per heavy atom. The molecule has 0 N–H and O–H groups in total. The molecule has 0 aromatic heterocycles. The fourth-order valence-corrected chi connectivity index (χ4v) is 2.76. The van der Waals surface area contributed by atoms with Gasteiger partial charge >= 0.3 is 0 Å². The number of halogens is 5. The lowest BCUT2D eigenvalue weighted by Crippen LogP contribution is -2.00. The van der Waals surface area contributed by atoms with Gasteiger partial charge < -0.3 is 0 Å². The van der Waals surface area contributed by atoms with Gasteiger partial charge in [-0.15, -0.1) is 11.6 Å². The van der Waals surface area contributed by atoms with Gasteiger partial charge in [-0.2, -0.15) is 0 Å². The van der Waals surface area contributed by atoms with Gasteiger partial charge in [-0.05, 0) is 42.3 Å². The highest BCUT2D eigenvalue weighted by atomic mass is 79.9. The molecule has 100 valence electrons. The van der Waals surface area contributed by atoms with Crippen LogP contribution < -0.4 is 0 Å². The molecule has 2 rings (SSSR count). The molecule has 1 unspecified atom stereocenters. The molecular weight excluding hydrogens is 357 g/mol. The maximum atomic E-state index is 13.8. The van der Waals surface area contributed by atoms with Crippen molar-refractivity contribution in [1.29, 1.82) is 0 Å². The first-order valence-corrected chi connectivity index (χ1v) is 7.05. The number of hydrogen-bond acceptors (Lipinski definition) is 0. The SMILES string of the molecule is Cc1cc(C(Cl)c2cc(Br)ccc2Cl)c(F)cc1F. The highest BCUT2D eigenvalue weighted by Gasteiger charge is 2.19. The van der Waals surface area contributed by atoms with Gasteiger partial charge in [0.1, 0.15) is 11.6 Å². The lowest BCUT2D eigenvalue weighted by Gasteiger charge is -2.14. The molecule has 5 heteroatoms. The molecule has 0 aliphatic rings. The van der Waals surface area contributed by atoms with Crippen LogP contribution in [0, 0.1) is 18.6 Å². The zero-order valence-electron chi connectivity index (χ0n) is 9.85. The quantitative estimate of drug-likeness (QED) is 0.571. The van der Waals surface area contributed by atoms with Crippen molar-refractivity contribution in [1.82, 2.24) is 0 Å². The summed E-state index contributed by atoms with van der Waals surface area (Å²) in [7, 11) is 0. The van der Waals surface area contributed by atoms with E-state index >= 15 is 0 Å². The maximum Gasteiger partial charge on any atom is 0.131 e. The van der Waals surface area contributed by atoms with E-state index < -0.39 is 17.0 Å². The zero-order chi connectivity index (χ0) is 14.2. The maximum absolute atomic E-state index is 13.8. The Balaban J connectivity index is 2.52. The molecule has 1 atom stereocenters. The highest BCUT2D eigenvalue weighted by molar-refractivity contribution is 9.10. The number of rotatable bonds is 2. The molecule has 2 aromatic rings. The largest absolute Gasteiger partial charge is 0.207 e. The summed E-state index contributed by atoms with van der Waals surface area (Å²) >= 11 is 15.6. The van der Waals surface area contributed by atoms with Gasteiger partial charge in [0.15, 0.2) is 0 Å². The van der Waals surface area contributed by atoms with Gasteiger partial charge in [-0.1, -0.05) is 27.5 Å². The molecule has 0 saturated heterocycles. The third-order valence-corrected chi connectivity index (χ3v) is 4.09. The Kier molecular flexibility index (Phi) is 4.49. The van der Waals surface area contributed by atoms with Crippen LogP contribution in [0.5, 0.6) is 0 Å². The molecule has 0 saturated carbocycles. The number of aryl methyl sites for hydroxylation is 1. The summed E-state index contributed by atoms with van der Waals surface area (Å²) in [5.41, 5.74) is 1.12. The summed E-state index contributed by atoms with van der Waals surface area (Å²) in [5, 5.41) is -0.339. The molecule has 0 fully saturated rings. The normalized spacial score (nSPS) is 12.5. The molecule has 0 nitrogen and oxygen atoms in total. The smallest absolute Gasteiger partial charge is 0.131 e. The topological polar surface area (TPSA) is 0 Å². The molecule has 0 spiro atoms. The fourth-order valence-electron chi connectivity index (χ4n) is 1.75. The average Bonchev–Trinajstić information content (AvgIpc) is 2.36. The van der Waals surface area contributed by atoms with Crippen molar-refractivity contribution >= 4 is 39.1 Å². The Morgan fingerprint density at radius 2 is 1.74 bits per heavy atom. The van der Waals surface area contributed by atoms with E-state index in [1.54, 1.807) is 25.1 Å². The molecule has 0 bridgehead atoms. The van der Waals surface area contributed by atoms with Crippen molar-refractivity contribution in [3.05, 3.63) is 68.2 Å². The number of alkyl halides is 1. The predicted octanol–water partition coefficient (Wildman–Crippen LogP) is 6.02. The van der Waals surface area contributed by atoms with Crippen molar-refractivity contribution in [3.8, 4) is 0 Å². The van der Waals surface area contributed by atoms with Crippen LogP contribution in [0.1, 0.15) is 22.1 Å².